The molecule has 2 heterocycles. The Morgan fingerprint density at radius 1 is 1.11 bits per heavy atom. The molecule has 0 aliphatic heterocycles. The lowest BCUT2D eigenvalue weighted by Gasteiger charge is -1.99. The zero-order chi connectivity index (χ0) is 13.4. The van der Waals surface area contributed by atoms with E-state index in [1.807, 2.05) is 12.1 Å². The summed E-state index contributed by atoms with van der Waals surface area (Å²) in [4.78, 5) is 12.4. The molecule has 0 aromatic carbocycles. The van der Waals surface area contributed by atoms with Crippen LogP contribution in [0.5, 0.6) is 0 Å². The van der Waals surface area contributed by atoms with Gasteiger partial charge in [0.1, 0.15) is 0 Å². The summed E-state index contributed by atoms with van der Waals surface area (Å²) in [6.45, 7) is 0. The first-order valence-electron chi connectivity index (χ1n) is 5.17. The highest BCUT2D eigenvalue weighted by Gasteiger charge is 1.99. The van der Waals surface area contributed by atoms with Crippen molar-refractivity contribution in [2.24, 2.45) is 0 Å². The molecule has 0 bridgehead atoms. The molecular formula is C10H8B4ClN3. The SMILES string of the molecule is ClCc1cnc(-c2cccnc2)nc1.[B]B([B])[B]. The second kappa shape index (κ2) is 7.98. The van der Waals surface area contributed by atoms with Crippen molar-refractivity contribution in [3.8, 4) is 11.4 Å². The van der Waals surface area contributed by atoms with Gasteiger partial charge in [0.25, 0.3) is 0 Å². The van der Waals surface area contributed by atoms with Crippen LogP contribution in [-0.4, -0.2) is 44.5 Å². The molecule has 0 saturated carbocycles. The van der Waals surface area contributed by atoms with Gasteiger partial charge in [0.15, 0.2) is 5.82 Å². The second-order valence-corrected chi connectivity index (χ2v) is 3.63. The summed E-state index contributed by atoms with van der Waals surface area (Å²) in [6, 6.07) is 3.77. The average molecular weight is 249 g/mol. The molecule has 0 spiro atoms. The number of rotatable bonds is 2. The van der Waals surface area contributed by atoms with E-state index >= 15 is 0 Å². The number of nitrogens with zero attached hydrogens (tertiary/aromatic N) is 3. The van der Waals surface area contributed by atoms with Gasteiger partial charge in [-0.3, -0.25) is 4.98 Å². The Morgan fingerprint density at radius 3 is 2.17 bits per heavy atom. The van der Waals surface area contributed by atoms with Crippen molar-refractivity contribution >= 4 is 41.2 Å². The lowest BCUT2D eigenvalue weighted by molar-refractivity contribution is 1.12. The van der Waals surface area contributed by atoms with Crippen molar-refractivity contribution in [3.63, 3.8) is 0 Å². The highest BCUT2D eigenvalue weighted by molar-refractivity contribution is 7.49. The van der Waals surface area contributed by atoms with E-state index in [4.69, 9.17) is 11.6 Å². The van der Waals surface area contributed by atoms with E-state index in [0.29, 0.717) is 11.7 Å². The monoisotopic (exact) mass is 249 g/mol. The highest BCUT2D eigenvalue weighted by atomic mass is 35.5. The van der Waals surface area contributed by atoms with Crippen LogP contribution in [0.2, 0.25) is 0 Å². The summed E-state index contributed by atoms with van der Waals surface area (Å²) in [5, 5.41) is 0. The fourth-order valence-corrected chi connectivity index (χ4v) is 1.21. The van der Waals surface area contributed by atoms with Gasteiger partial charge < -0.3 is 0 Å². The number of aromatic nitrogens is 3. The van der Waals surface area contributed by atoms with E-state index in [0.717, 1.165) is 11.1 Å². The topological polar surface area (TPSA) is 38.7 Å². The Kier molecular flexibility index (Phi) is 6.58. The van der Waals surface area contributed by atoms with Crippen LogP contribution in [0.15, 0.2) is 36.9 Å². The van der Waals surface area contributed by atoms with Gasteiger partial charge in [-0.15, -0.1) is 11.6 Å². The fraction of sp³-hybridized carbons (Fsp3) is 0.100. The van der Waals surface area contributed by atoms with Gasteiger partial charge in [-0.05, 0) is 12.1 Å². The van der Waals surface area contributed by atoms with Crippen LogP contribution < -0.4 is 0 Å². The van der Waals surface area contributed by atoms with E-state index < -0.39 is 6.39 Å². The minimum Gasteiger partial charge on any atom is -0.264 e. The van der Waals surface area contributed by atoms with E-state index in [1.54, 1.807) is 24.8 Å². The average Bonchev–Trinajstić information content (AvgIpc) is 2.39. The lowest BCUT2D eigenvalue weighted by Crippen LogP contribution is -2.11. The van der Waals surface area contributed by atoms with Crippen molar-refractivity contribution in [1.82, 2.24) is 15.0 Å². The Balaban J connectivity index is 0.000000357. The molecule has 2 aromatic heterocycles. The van der Waals surface area contributed by atoms with E-state index in [-0.39, 0.29) is 0 Å². The van der Waals surface area contributed by atoms with Crippen LogP contribution in [-0.2, 0) is 5.88 Å². The summed E-state index contributed by atoms with van der Waals surface area (Å²) in [5.74, 6) is 1.11. The molecule has 0 unspecified atom stereocenters. The third-order valence-corrected chi connectivity index (χ3v) is 2.09. The van der Waals surface area contributed by atoms with E-state index in [9.17, 15) is 0 Å². The molecular weight excluding hydrogens is 241 g/mol. The molecule has 0 atom stereocenters. The van der Waals surface area contributed by atoms with Crippen LogP contribution in [0.1, 0.15) is 5.56 Å². The predicted molar refractivity (Wildman–Crippen MR) is 77.8 cm³/mol. The molecule has 82 valence electrons. The maximum Gasteiger partial charge on any atom is 0.160 e. The third-order valence-electron chi connectivity index (χ3n) is 1.78. The molecule has 2 rings (SSSR count). The van der Waals surface area contributed by atoms with Crippen molar-refractivity contribution < 1.29 is 0 Å². The second-order valence-electron chi connectivity index (χ2n) is 3.37. The van der Waals surface area contributed by atoms with Gasteiger partial charge in [0.05, 0.1) is 5.88 Å². The molecule has 3 nitrogen and oxygen atoms in total. The fourth-order valence-electron chi connectivity index (χ4n) is 1.07. The van der Waals surface area contributed by atoms with Crippen LogP contribution in [0, 0.1) is 0 Å². The number of pyridine rings is 1. The maximum absolute atomic E-state index is 5.63. The highest BCUT2D eigenvalue weighted by Crippen LogP contribution is 2.12. The van der Waals surface area contributed by atoms with Crippen molar-refractivity contribution in [2.75, 3.05) is 0 Å². The first-order chi connectivity index (χ1) is 8.63. The van der Waals surface area contributed by atoms with Gasteiger partial charge in [0.2, 0.25) is 0 Å². The number of hydrogen-bond acceptors (Lipinski definition) is 3. The minimum atomic E-state index is -0.667. The minimum absolute atomic E-state index is 0.438. The molecule has 0 aliphatic carbocycles. The first kappa shape index (κ1) is 14.8. The normalized spacial score (nSPS) is 9.17. The van der Waals surface area contributed by atoms with Crippen LogP contribution in [0.3, 0.4) is 0 Å². The zero-order valence-corrected chi connectivity index (χ0v) is 10.5. The van der Waals surface area contributed by atoms with Gasteiger partial charge in [-0.1, -0.05) is 0 Å². The van der Waals surface area contributed by atoms with Crippen LogP contribution in [0.4, 0.5) is 0 Å². The Morgan fingerprint density at radius 2 is 1.72 bits per heavy atom. The maximum atomic E-state index is 5.63. The van der Waals surface area contributed by atoms with Crippen LogP contribution >= 0.6 is 11.6 Å². The molecule has 0 fully saturated rings. The Bertz CT molecular complexity index is 450. The van der Waals surface area contributed by atoms with Crippen molar-refractivity contribution in [2.45, 2.75) is 5.88 Å². The molecule has 0 aliphatic rings. The van der Waals surface area contributed by atoms with Gasteiger partial charge in [-0.2, -0.15) is 0 Å². The quantitative estimate of drug-likeness (QED) is 0.582. The van der Waals surface area contributed by atoms with E-state index in [1.165, 1.54) is 0 Å². The lowest BCUT2D eigenvalue weighted by atomic mass is 9.08. The number of halogens is 1. The number of hydrogen-bond donors (Lipinski definition) is 0. The summed E-state index contributed by atoms with van der Waals surface area (Å²) >= 11 is 5.63. The van der Waals surface area contributed by atoms with Gasteiger partial charge in [0, 0.05) is 65.5 Å². The van der Waals surface area contributed by atoms with Gasteiger partial charge in [-0.25, -0.2) is 9.97 Å². The molecule has 2 aromatic rings. The Labute approximate surface area is 116 Å². The molecule has 18 heavy (non-hydrogen) atoms. The molecule has 0 N–H and O–H groups in total. The molecule has 6 radical (unpaired) electrons. The smallest absolute Gasteiger partial charge is 0.160 e. The van der Waals surface area contributed by atoms with Gasteiger partial charge >= 0.3 is 0 Å². The van der Waals surface area contributed by atoms with Crippen molar-refractivity contribution in [1.29, 1.82) is 0 Å². The molecule has 0 amide bonds. The Hall–Kier alpha value is -1.22. The summed E-state index contributed by atoms with van der Waals surface area (Å²) in [6.07, 6.45) is 6.23. The molecule has 0 saturated heterocycles. The predicted octanol–water partition coefficient (Wildman–Crippen LogP) is 0.754. The largest absolute Gasteiger partial charge is 0.264 e. The zero-order valence-electron chi connectivity index (χ0n) is 9.70. The van der Waals surface area contributed by atoms with E-state index in [2.05, 4.69) is 38.2 Å². The third kappa shape index (κ3) is 5.41. The number of alkyl halides is 1. The summed E-state index contributed by atoms with van der Waals surface area (Å²) in [7, 11) is 14.0. The summed E-state index contributed by atoms with van der Waals surface area (Å²) < 4.78 is 0. The first-order valence-corrected chi connectivity index (χ1v) is 5.71. The van der Waals surface area contributed by atoms with Crippen LogP contribution in [0.25, 0.3) is 11.4 Å². The standard InChI is InChI=1S/C10H8ClN3.B4/c11-4-8-5-13-10(14-6-8)9-2-1-3-12-7-9;1-4(2)3/h1-3,5-7H,4H2;. The summed E-state index contributed by atoms with van der Waals surface area (Å²) in [5.41, 5.74) is 1.83. The molecule has 8 heteroatoms. The van der Waals surface area contributed by atoms with Crippen molar-refractivity contribution in [3.05, 3.63) is 42.5 Å².